The van der Waals surface area contributed by atoms with Crippen LogP contribution in [-0.2, 0) is 6.54 Å². The number of phenolic OH excluding ortho intramolecular Hbond substituents is 1. The Kier molecular flexibility index (Phi) is 3.73. The first kappa shape index (κ1) is 11.6. The van der Waals surface area contributed by atoms with Crippen molar-refractivity contribution in [3.8, 4) is 5.75 Å². The molecule has 1 heterocycles. The Labute approximate surface area is 101 Å². The van der Waals surface area contributed by atoms with Gasteiger partial charge in [-0.2, -0.15) is 0 Å². The van der Waals surface area contributed by atoms with Crippen LogP contribution >= 0.6 is 0 Å². The van der Waals surface area contributed by atoms with Crippen molar-refractivity contribution in [2.45, 2.75) is 19.5 Å². The highest BCUT2D eigenvalue weighted by molar-refractivity contribution is 5.27. The second-order valence-electron chi connectivity index (χ2n) is 4.05. The van der Waals surface area contributed by atoms with Crippen LogP contribution in [0.1, 0.15) is 24.1 Å². The van der Waals surface area contributed by atoms with Gasteiger partial charge in [-0.1, -0.05) is 12.1 Å². The number of hydrogen-bond donors (Lipinski definition) is 2. The van der Waals surface area contributed by atoms with Gasteiger partial charge in [0, 0.05) is 25.0 Å². The molecule has 0 unspecified atom stereocenters. The summed E-state index contributed by atoms with van der Waals surface area (Å²) in [7, 11) is 0. The standard InChI is InChI=1S/C14H16N2O/c1-11(13-5-7-15-8-6-13)16-10-12-3-2-4-14(17)9-12/h2-9,11,16-17H,10H2,1H3/t11-/m0/s1. The lowest BCUT2D eigenvalue weighted by atomic mass is 10.1. The monoisotopic (exact) mass is 228 g/mol. The van der Waals surface area contributed by atoms with E-state index in [-0.39, 0.29) is 6.04 Å². The predicted molar refractivity (Wildman–Crippen MR) is 67.6 cm³/mol. The molecular weight excluding hydrogens is 212 g/mol. The molecular formula is C14H16N2O. The summed E-state index contributed by atoms with van der Waals surface area (Å²) in [4.78, 5) is 4.00. The van der Waals surface area contributed by atoms with Crippen molar-refractivity contribution in [2.75, 3.05) is 0 Å². The molecule has 0 aliphatic heterocycles. The highest BCUT2D eigenvalue weighted by Gasteiger charge is 2.04. The van der Waals surface area contributed by atoms with Crippen molar-refractivity contribution < 1.29 is 5.11 Å². The molecule has 0 bridgehead atoms. The van der Waals surface area contributed by atoms with Crippen LogP contribution in [0, 0.1) is 0 Å². The fraction of sp³-hybridized carbons (Fsp3) is 0.214. The number of phenols is 1. The Balaban J connectivity index is 1.95. The molecule has 1 atom stereocenters. The minimum Gasteiger partial charge on any atom is -0.508 e. The molecule has 3 heteroatoms. The summed E-state index contributed by atoms with van der Waals surface area (Å²) in [5, 5.41) is 12.8. The van der Waals surface area contributed by atoms with Crippen LogP contribution in [0.2, 0.25) is 0 Å². The Hall–Kier alpha value is -1.87. The van der Waals surface area contributed by atoms with Gasteiger partial charge in [-0.3, -0.25) is 4.98 Å². The van der Waals surface area contributed by atoms with E-state index >= 15 is 0 Å². The number of hydrogen-bond acceptors (Lipinski definition) is 3. The van der Waals surface area contributed by atoms with Gasteiger partial charge < -0.3 is 10.4 Å². The molecule has 17 heavy (non-hydrogen) atoms. The minimum absolute atomic E-state index is 0.264. The van der Waals surface area contributed by atoms with Crippen molar-refractivity contribution >= 4 is 0 Å². The molecule has 0 aliphatic carbocycles. The van der Waals surface area contributed by atoms with E-state index in [4.69, 9.17) is 0 Å². The normalized spacial score (nSPS) is 12.3. The van der Waals surface area contributed by atoms with Crippen molar-refractivity contribution in [1.29, 1.82) is 0 Å². The summed E-state index contributed by atoms with van der Waals surface area (Å²) in [6.07, 6.45) is 3.59. The maximum Gasteiger partial charge on any atom is 0.115 e. The van der Waals surface area contributed by atoms with Gasteiger partial charge in [0.15, 0.2) is 0 Å². The average Bonchev–Trinajstić information content (AvgIpc) is 2.37. The number of rotatable bonds is 4. The van der Waals surface area contributed by atoms with Gasteiger partial charge in [-0.05, 0) is 42.3 Å². The first-order valence-electron chi connectivity index (χ1n) is 5.67. The molecule has 2 rings (SSSR count). The zero-order valence-corrected chi connectivity index (χ0v) is 9.80. The molecule has 2 N–H and O–H groups in total. The predicted octanol–water partition coefficient (Wildman–Crippen LogP) is 2.64. The molecule has 0 saturated heterocycles. The summed E-state index contributed by atoms with van der Waals surface area (Å²) >= 11 is 0. The van der Waals surface area contributed by atoms with Crippen molar-refractivity contribution in [1.82, 2.24) is 10.3 Å². The summed E-state index contributed by atoms with van der Waals surface area (Å²) < 4.78 is 0. The molecule has 0 fully saturated rings. The van der Waals surface area contributed by atoms with Gasteiger partial charge in [0.25, 0.3) is 0 Å². The third kappa shape index (κ3) is 3.29. The van der Waals surface area contributed by atoms with E-state index in [1.165, 1.54) is 5.56 Å². The highest BCUT2D eigenvalue weighted by atomic mass is 16.3. The van der Waals surface area contributed by atoms with Crippen molar-refractivity contribution in [3.63, 3.8) is 0 Å². The lowest BCUT2D eigenvalue weighted by Crippen LogP contribution is -2.17. The van der Waals surface area contributed by atoms with E-state index in [0.717, 1.165) is 12.1 Å². The molecule has 0 saturated carbocycles. The largest absolute Gasteiger partial charge is 0.508 e. The summed E-state index contributed by atoms with van der Waals surface area (Å²) in [6.45, 7) is 2.84. The third-order valence-corrected chi connectivity index (χ3v) is 2.73. The topological polar surface area (TPSA) is 45.1 Å². The summed E-state index contributed by atoms with van der Waals surface area (Å²) in [5.41, 5.74) is 2.28. The van der Waals surface area contributed by atoms with Crippen LogP contribution in [0.15, 0.2) is 48.8 Å². The van der Waals surface area contributed by atoms with Crippen molar-refractivity contribution in [3.05, 3.63) is 59.9 Å². The Morgan fingerprint density at radius 2 is 2.00 bits per heavy atom. The van der Waals surface area contributed by atoms with Gasteiger partial charge >= 0.3 is 0 Å². The summed E-state index contributed by atoms with van der Waals surface area (Å²) in [6, 6.07) is 11.6. The summed E-state index contributed by atoms with van der Waals surface area (Å²) in [5.74, 6) is 0.306. The molecule has 0 aliphatic rings. The Morgan fingerprint density at radius 1 is 1.24 bits per heavy atom. The lowest BCUT2D eigenvalue weighted by Gasteiger charge is -2.14. The number of pyridine rings is 1. The smallest absolute Gasteiger partial charge is 0.115 e. The van der Waals surface area contributed by atoms with Crippen LogP contribution in [0.3, 0.4) is 0 Å². The van der Waals surface area contributed by atoms with Gasteiger partial charge in [0.05, 0.1) is 0 Å². The Morgan fingerprint density at radius 3 is 2.71 bits per heavy atom. The number of nitrogens with one attached hydrogen (secondary N) is 1. The molecule has 3 nitrogen and oxygen atoms in total. The number of nitrogens with zero attached hydrogens (tertiary/aromatic N) is 1. The maximum atomic E-state index is 9.36. The first-order chi connectivity index (χ1) is 8.25. The number of benzene rings is 1. The van der Waals surface area contributed by atoms with E-state index < -0.39 is 0 Å². The van der Waals surface area contributed by atoms with Gasteiger partial charge in [0.1, 0.15) is 5.75 Å². The molecule has 0 spiro atoms. The van der Waals surface area contributed by atoms with Gasteiger partial charge in [-0.25, -0.2) is 0 Å². The molecule has 1 aromatic heterocycles. The molecule has 0 amide bonds. The maximum absolute atomic E-state index is 9.36. The number of aromatic nitrogens is 1. The second-order valence-corrected chi connectivity index (χ2v) is 4.05. The van der Waals surface area contributed by atoms with Crippen LogP contribution < -0.4 is 5.32 Å². The van der Waals surface area contributed by atoms with Crippen molar-refractivity contribution in [2.24, 2.45) is 0 Å². The quantitative estimate of drug-likeness (QED) is 0.845. The average molecular weight is 228 g/mol. The van der Waals surface area contributed by atoms with Gasteiger partial charge in [-0.15, -0.1) is 0 Å². The van der Waals surface area contributed by atoms with Crippen LogP contribution in [0.25, 0.3) is 0 Å². The minimum atomic E-state index is 0.264. The third-order valence-electron chi connectivity index (χ3n) is 2.73. The molecule has 0 radical (unpaired) electrons. The molecule has 88 valence electrons. The number of aromatic hydroxyl groups is 1. The van der Waals surface area contributed by atoms with Gasteiger partial charge in [0.2, 0.25) is 0 Å². The first-order valence-corrected chi connectivity index (χ1v) is 5.67. The van der Waals surface area contributed by atoms with Crippen LogP contribution in [-0.4, -0.2) is 10.1 Å². The fourth-order valence-electron chi connectivity index (χ4n) is 1.71. The Bertz CT molecular complexity index is 471. The van der Waals surface area contributed by atoms with E-state index in [1.807, 2.05) is 24.3 Å². The van der Waals surface area contributed by atoms with E-state index in [2.05, 4.69) is 17.2 Å². The van der Waals surface area contributed by atoms with Crippen LogP contribution in [0.5, 0.6) is 5.75 Å². The van der Waals surface area contributed by atoms with E-state index in [0.29, 0.717) is 5.75 Å². The zero-order valence-electron chi connectivity index (χ0n) is 9.80. The highest BCUT2D eigenvalue weighted by Crippen LogP contribution is 2.14. The molecule has 1 aromatic carbocycles. The second kappa shape index (κ2) is 5.46. The van der Waals surface area contributed by atoms with Crippen LogP contribution in [0.4, 0.5) is 0 Å². The zero-order chi connectivity index (χ0) is 12.1. The van der Waals surface area contributed by atoms with E-state index in [1.54, 1.807) is 24.5 Å². The fourth-order valence-corrected chi connectivity index (χ4v) is 1.71. The SMILES string of the molecule is C[C@H](NCc1cccc(O)c1)c1ccncc1. The lowest BCUT2D eigenvalue weighted by molar-refractivity contribution is 0.473. The van der Waals surface area contributed by atoms with E-state index in [9.17, 15) is 5.11 Å². The molecule has 2 aromatic rings.